The van der Waals surface area contributed by atoms with Crippen LogP contribution in [0.25, 0.3) is 0 Å². The summed E-state index contributed by atoms with van der Waals surface area (Å²) in [5.74, 6) is 1.28. The van der Waals surface area contributed by atoms with Gasteiger partial charge in [-0.1, -0.05) is 18.9 Å². The van der Waals surface area contributed by atoms with Crippen LogP contribution in [0.5, 0.6) is 5.75 Å². The fourth-order valence-corrected chi connectivity index (χ4v) is 2.90. The van der Waals surface area contributed by atoms with Crippen LogP contribution < -0.4 is 10.1 Å². The first-order chi connectivity index (χ1) is 10.7. The van der Waals surface area contributed by atoms with Gasteiger partial charge in [-0.2, -0.15) is 0 Å². The molecule has 0 saturated heterocycles. The Hall–Kier alpha value is -1.59. The average molecular weight is 307 g/mol. The van der Waals surface area contributed by atoms with E-state index in [1.807, 2.05) is 0 Å². The van der Waals surface area contributed by atoms with Crippen molar-refractivity contribution in [2.75, 3.05) is 13.2 Å². The molecule has 0 aromatic heterocycles. The van der Waals surface area contributed by atoms with Crippen LogP contribution >= 0.6 is 0 Å². The predicted octanol–water partition coefficient (Wildman–Crippen LogP) is 1.75. The molecule has 22 heavy (non-hydrogen) atoms. The van der Waals surface area contributed by atoms with Crippen molar-refractivity contribution >= 4 is 5.91 Å². The number of hydrogen-bond acceptors (Lipinski definition) is 4. The van der Waals surface area contributed by atoms with Crippen LogP contribution in [-0.4, -0.2) is 29.3 Å². The Morgan fingerprint density at radius 3 is 2.59 bits per heavy atom. The van der Waals surface area contributed by atoms with E-state index < -0.39 is 0 Å². The Morgan fingerprint density at radius 1 is 1.18 bits per heavy atom. The molecular weight excluding hydrogens is 282 g/mol. The van der Waals surface area contributed by atoms with Crippen molar-refractivity contribution < 1.29 is 19.7 Å². The van der Waals surface area contributed by atoms with Gasteiger partial charge in [0.25, 0.3) is 0 Å². The third-order valence-electron chi connectivity index (χ3n) is 4.16. The molecule has 1 aromatic carbocycles. The van der Waals surface area contributed by atoms with Crippen molar-refractivity contribution in [2.45, 2.75) is 45.3 Å². The lowest BCUT2D eigenvalue weighted by atomic mass is 10.0. The number of benzene rings is 1. The summed E-state index contributed by atoms with van der Waals surface area (Å²) in [6, 6.07) is 5.20. The SMILES string of the molecule is O=C(CC1CCCC1)NCCOc1ccc(CO)c(CO)c1. The number of aliphatic hydroxyl groups excluding tert-OH is 2. The van der Waals surface area contributed by atoms with E-state index in [4.69, 9.17) is 9.84 Å². The molecule has 0 heterocycles. The number of rotatable bonds is 8. The summed E-state index contributed by atoms with van der Waals surface area (Å²) in [7, 11) is 0. The monoisotopic (exact) mass is 307 g/mol. The summed E-state index contributed by atoms with van der Waals surface area (Å²) in [4.78, 5) is 11.8. The highest BCUT2D eigenvalue weighted by Crippen LogP contribution is 2.27. The minimum atomic E-state index is -0.134. The van der Waals surface area contributed by atoms with Gasteiger partial charge in [0.2, 0.25) is 5.91 Å². The van der Waals surface area contributed by atoms with Gasteiger partial charge in [0.05, 0.1) is 19.8 Å². The Morgan fingerprint density at radius 2 is 1.91 bits per heavy atom. The molecule has 2 rings (SSSR count). The molecule has 1 amide bonds. The van der Waals surface area contributed by atoms with Crippen molar-refractivity contribution in [1.29, 1.82) is 0 Å². The second-order valence-corrected chi connectivity index (χ2v) is 5.80. The molecule has 1 saturated carbocycles. The van der Waals surface area contributed by atoms with E-state index >= 15 is 0 Å². The quantitative estimate of drug-likeness (QED) is 0.639. The average Bonchev–Trinajstić information content (AvgIpc) is 3.04. The number of hydrogen-bond donors (Lipinski definition) is 3. The van der Waals surface area contributed by atoms with Crippen LogP contribution in [0.3, 0.4) is 0 Å². The molecule has 122 valence electrons. The van der Waals surface area contributed by atoms with Gasteiger partial charge in [0.1, 0.15) is 12.4 Å². The van der Waals surface area contributed by atoms with Crippen LogP contribution in [-0.2, 0) is 18.0 Å². The second-order valence-electron chi connectivity index (χ2n) is 5.80. The number of ether oxygens (including phenoxy) is 1. The van der Waals surface area contributed by atoms with Gasteiger partial charge in [0.15, 0.2) is 0 Å². The maximum Gasteiger partial charge on any atom is 0.220 e. The van der Waals surface area contributed by atoms with E-state index in [1.165, 1.54) is 25.7 Å². The van der Waals surface area contributed by atoms with Crippen molar-refractivity contribution in [3.63, 3.8) is 0 Å². The fraction of sp³-hybridized carbons (Fsp3) is 0.588. The first-order valence-corrected chi connectivity index (χ1v) is 7.96. The van der Waals surface area contributed by atoms with Gasteiger partial charge < -0.3 is 20.3 Å². The first kappa shape index (κ1) is 16.8. The molecule has 1 fully saturated rings. The van der Waals surface area contributed by atoms with Crippen LogP contribution in [0.4, 0.5) is 0 Å². The summed E-state index contributed by atoms with van der Waals surface area (Å²) in [6.45, 7) is 0.625. The molecule has 0 atom stereocenters. The highest BCUT2D eigenvalue weighted by Gasteiger charge is 2.17. The van der Waals surface area contributed by atoms with E-state index in [0.29, 0.717) is 42.4 Å². The van der Waals surface area contributed by atoms with E-state index in [0.717, 1.165) is 0 Å². The number of amides is 1. The van der Waals surface area contributed by atoms with Crippen LogP contribution in [0.15, 0.2) is 18.2 Å². The molecule has 3 N–H and O–H groups in total. The summed E-state index contributed by atoms with van der Waals surface area (Å²) in [5, 5.41) is 21.2. The molecule has 5 nitrogen and oxygen atoms in total. The zero-order valence-electron chi connectivity index (χ0n) is 12.9. The largest absolute Gasteiger partial charge is 0.492 e. The molecule has 0 spiro atoms. The van der Waals surface area contributed by atoms with E-state index in [-0.39, 0.29) is 19.1 Å². The van der Waals surface area contributed by atoms with Crippen LogP contribution in [0.1, 0.15) is 43.2 Å². The van der Waals surface area contributed by atoms with E-state index in [1.54, 1.807) is 18.2 Å². The minimum Gasteiger partial charge on any atom is -0.492 e. The summed E-state index contributed by atoms with van der Waals surface area (Å²) in [6.07, 6.45) is 5.46. The summed E-state index contributed by atoms with van der Waals surface area (Å²) >= 11 is 0. The smallest absolute Gasteiger partial charge is 0.220 e. The third-order valence-corrected chi connectivity index (χ3v) is 4.16. The third kappa shape index (κ3) is 5.00. The molecule has 0 unspecified atom stereocenters. The molecule has 1 aliphatic rings. The predicted molar refractivity (Wildman–Crippen MR) is 83.4 cm³/mol. The highest BCUT2D eigenvalue weighted by atomic mass is 16.5. The van der Waals surface area contributed by atoms with Crippen LogP contribution in [0, 0.1) is 5.92 Å². The molecule has 0 bridgehead atoms. The van der Waals surface area contributed by atoms with Gasteiger partial charge in [-0.3, -0.25) is 4.79 Å². The Bertz CT molecular complexity index is 484. The van der Waals surface area contributed by atoms with Crippen LogP contribution in [0.2, 0.25) is 0 Å². The second kappa shape index (κ2) is 8.76. The highest BCUT2D eigenvalue weighted by molar-refractivity contribution is 5.76. The fourth-order valence-electron chi connectivity index (χ4n) is 2.90. The molecule has 0 aliphatic heterocycles. The Labute approximate surface area is 131 Å². The molecular formula is C17H25NO4. The van der Waals surface area contributed by atoms with Crippen molar-refractivity contribution in [2.24, 2.45) is 5.92 Å². The molecule has 1 aromatic rings. The molecule has 1 aliphatic carbocycles. The first-order valence-electron chi connectivity index (χ1n) is 7.96. The lowest BCUT2D eigenvalue weighted by molar-refractivity contribution is -0.122. The zero-order valence-corrected chi connectivity index (χ0v) is 12.9. The number of aliphatic hydroxyl groups is 2. The summed E-state index contributed by atoms with van der Waals surface area (Å²) < 4.78 is 5.56. The maximum atomic E-state index is 11.8. The van der Waals surface area contributed by atoms with Gasteiger partial charge in [0, 0.05) is 6.42 Å². The Kier molecular flexibility index (Phi) is 6.68. The lowest BCUT2D eigenvalue weighted by Crippen LogP contribution is -2.29. The maximum absolute atomic E-state index is 11.8. The van der Waals surface area contributed by atoms with Gasteiger partial charge >= 0.3 is 0 Å². The lowest BCUT2D eigenvalue weighted by Gasteiger charge is -2.12. The van der Waals surface area contributed by atoms with Gasteiger partial charge in [-0.05, 0) is 42.0 Å². The van der Waals surface area contributed by atoms with Crippen molar-refractivity contribution in [3.8, 4) is 5.75 Å². The molecule has 0 radical (unpaired) electrons. The van der Waals surface area contributed by atoms with Gasteiger partial charge in [-0.15, -0.1) is 0 Å². The number of carbonyl (C=O) groups excluding carboxylic acids is 1. The van der Waals surface area contributed by atoms with Gasteiger partial charge in [-0.25, -0.2) is 0 Å². The Balaban J connectivity index is 1.68. The zero-order chi connectivity index (χ0) is 15.8. The van der Waals surface area contributed by atoms with Crippen molar-refractivity contribution in [1.82, 2.24) is 5.32 Å². The topological polar surface area (TPSA) is 78.8 Å². The van der Waals surface area contributed by atoms with E-state index in [9.17, 15) is 9.90 Å². The number of nitrogens with one attached hydrogen (secondary N) is 1. The standard InChI is InChI=1S/C17H25NO4/c19-11-14-5-6-16(10-15(14)12-20)22-8-7-18-17(21)9-13-3-1-2-4-13/h5-6,10,13,19-20H,1-4,7-9,11-12H2,(H,18,21). The number of carbonyl (C=O) groups is 1. The van der Waals surface area contributed by atoms with E-state index in [2.05, 4.69) is 5.32 Å². The van der Waals surface area contributed by atoms with Crippen molar-refractivity contribution in [3.05, 3.63) is 29.3 Å². The normalized spacial score (nSPS) is 15.0. The molecule has 5 heteroatoms. The minimum absolute atomic E-state index is 0.0992. The summed E-state index contributed by atoms with van der Waals surface area (Å²) in [5.41, 5.74) is 1.35.